The molecule has 2 aliphatic heterocycles. The number of likely N-dealkylation sites (N-methyl/N-ethyl adjacent to an activating group) is 1. The molecule has 34 heavy (non-hydrogen) atoms. The first kappa shape index (κ1) is 26.5. The molecule has 1 aromatic heterocycles. The second-order valence-corrected chi connectivity index (χ2v) is 8.40. The van der Waals surface area contributed by atoms with Crippen molar-refractivity contribution in [3.8, 4) is 0 Å². The second-order valence-electron chi connectivity index (χ2n) is 8.40. The zero-order valence-electron chi connectivity index (χ0n) is 19.6. The maximum atomic E-state index is 13.0. The number of likely N-dealkylation sites (tertiary alicyclic amines) is 1. The fourth-order valence-electron chi connectivity index (χ4n) is 4.71. The van der Waals surface area contributed by atoms with Crippen LogP contribution in [0.1, 0.15) is 17.2 Å². The first-order chi connectivity index (χ1) is 16.3. The molecular weight excluding hydrogens is 440 g/mol. The Morgan fingerprint density at radius 2 is 1.79 bits per heavy atom. The average molecular weight is 473 g/mol. The van der Waals surface area contributed by atoms with Crippen LogP contribution in [0.5, 0.6) is 0 Å². The Morgan fingerprint density at radius 1 is 1.15 bits per heavy atom. The minimum Gasteiger partial charge on any atom is -0.483 e. The highest BCUT2D eigenvalue weighted by atomic mass is 16.3. The number of carbonyl (C=O) groups excluding carboxylic acids is 1. The zero-order chi connectivity index (χ0) is 25.3. The summed E-state index contributed by atoms with van der Waals surface area (Å²) in [5, 5.41) is 13.8. The number of rotatable bonds is 4. The summed E-state index contributed by atoms with van der Waals surface area (Å²) in [5.41, 5.74) is 8.27. The van der Waals surface area contributed by atoms with Crippen LogP contribution in [0.3, 0.4) is 0 Å². The number of carboxylic acid groups (broad SMARTS) is 2. The van der Waals surface area contributed by atoms with Gasteiger partial charge in [0.2, 0.25) is 11.9 Å². The highest BCUT2D eigenvalue weighted by Crippen LogP contribution is 2.46. The number of nitrogens with zero attached hydrogens (tertiary/aromatic N) is 5. The number of carbonyl (C=O) groups is 3. The van der Waals surface area contributed by atoms with E-state index in [1.807, 2.05) is 25.1 Å². The summed E-state index contributed by atoms with van der Waals surface area (Å²) in [4.78, 5) is 44.5. The average Bonchev–Trinajstić information content (AvgIpc) is 3.33. The van der Waals surface area contributed by atoms with Gasteiger partial charge in [-0.15, -0.1) is 0 Å². The summed E-state index contributed by atoms with van der Waals surface area (Å²) >= 11 is 0. The molecule has 0 aliphatic carbocycles. The lowest BCUT2D eigenvalue weighted by molar-refractivity contribution is -0.133. The normalized spacial score (nSPS) is 20.5. The standard InChI is InChI=1S/C21H28N6O.2CH2O2/c1-14-6-4-5-7-16(14)20-17-12-26(18-8-9-23-21(22)24-18)10-15(17)11-27(20)19(28)13-25(2)3;2*2-1-3/h4-9,15,17,20H,10-13H2,1-3H3,(H2,22,23,24);2*1H,(H,2,3)/t15-,17-,20+;;/m1../s1. The van der Waals surface area contributed by atoms with Crippen molar-refractivity contribution in [2.24, 2.45) is 11.8 Å². The molecule has 2 saturated heterocycles. The van der Waals surface area contributed by atoms with E-state index < -0.39 is 0 Å². The van der Waals surface area contributed by atoms with E-state index in [4.69, 9.17) is 25.5 Å². The fourth-order valence-corrected chi connectivity index (χ4v) is 4.71. The topological polar surface area (TPSA) is 153 Å². The van der Waals surface area contributed by atoms with Crippen LogP contribution in [0, 0.1) is 18.8 Å². The third-order valence-corrected chi connectivity index (χ3v) is 5.93. The van der Waals surface area contributed by atoms with Gasteiger partial charge in [0.05, 0.1) is 12.6 Å². The van der Waals surface area contributed by atoms with Crippen LogP contribution in [0.15, 0.2) is 36.5 Å². The predicted octanol–water partition coefficient (Wildman–Crippen LogP) is 0.966. The maximum Gasteiger partial charge on any atom is 0.290 e. The number of aryl methyl sites for hydroxylation is 1. The van der Waals surface area contributed by atoms with E-state index in [1.54, 1.807) is 6.20 Å². The number of hydrogen-bond acceptors (Lipinski definition) is 8. The van der Waals surface area contributed by atoms with Crippen LogP contribution in [0.25, 0.3) is 0 Å². The minimum atomic E-state index is -0.250. The van der Waals surface area contributed by atoms with Gasteiger partial charge in [0.1, 0.15) is 5.82 Å². The number of nitrogen functional groups attached to an aromatic ring is 1. The van der Waals surface area contributed by atoms with E-state index in [1.165, 1.54) is 11.1 Å². The van der Waals surface area contributed by atoms with Gasteiger partial charge in [-0.2, -0.15) is 4.98 Å². The molecule has 2 aromatic rings. The first-order valence-electron chi connectivity index (χ1n) is 10.8. The highest BCUT2D eigenvalue weighted by Gasteiger charge is 2.49. The molecule has 1 aromatic carbocycles. The Labute approximate surface area is 198 Å². The van der Waals surface area contributed by atoms with E-state index in [0.29, 0.717) is 24.3 Å². The largest absolute Gasteiger partial charge is 0.483 e. The molecule has 0 unspecified atom stereocenters. The van der Waals surface area contributed by atoms with Gasteiger partial charge in [0.25, 0.3) is 12.9 Å². The summed E-state index contributed by atoms with van der Waals surface area (Å²) in [7, 11) is 3.89. The Hall–Kier alpha value is -3.73. The van der Waals surface area contributed by atoms with Gasteiger partial charge >= 0.3 is 0 Å². The van der Waals surface area contributed by atoms with Crippen LogP contribution in [0.2, 0.25) is 0 Å². The molecule has 2 fully saturated rings. The summed E-state index contributed by atoms with van der Waals surface area (Å²) in [6.45, 7) is 4.61. The van der Waals surface area contributed by atoms with E-state index in [0.717, 1.165) is 25.5 Å². The van der Waals surface area contributed by atoms with Gasteiger partial charge < -0.3 is 30.6 Å². The number of nitrogens with two attached hydrogens (primary N) is 1. The molecule has 11 heteroatoms. The van der Waals surface area contributed by atoms with Crippen molar-refractivity contribution in [1.29, 1.82) is 0 Å². The van der Waals surface area contributed by atoms with E-state index in [9.17, 15) is 4.79 Å². The number of anilines is 2. The zero-order valence-corrected chi connectivity index (χ0v) is 19.6. The van der Waals surface area contributed by atoms with Gasteiger partial charge in [-0.3, -0.25) is 14.4 Å². The van der Waals surface area contributed by atoms with Crippen molar-refractivity contribution in [1.82, 2.24) is 19.8 Å². The smallest absolute Gasteiger partial charge is 0.290 e. The van der Waals surface area contributed by atoms with Crippen LogP contribution in [-0.2, 0) is 14.4 Å². The molecule has 11 nitrogen and oxygen atoms in total. The molecule has 0 saturated carbocycles. The molecule has 2 aliphatic rings. The lowest BCUT2D eigenvalue weighted by Gasteiger charge is -2.32. The maximum absolute atomic E-state index is 13.0. The molecular formula is C23H32N6O5. The molecule has 0 bridgehead atoms. The second kappa shape index (κ2) is 12.5. The Kier molecular flexibility index (Phi) is 9.75. The molecule has 4 N–H and O–H groups in total. The lowest BCUT2D eigenvalue weighted by atomic mass is 9.87. The molecule has 0 spiro atoms. The van der Waals surface area contributed by atoms with E-state index in [2.05, 4.69) is 51.0 Å². The van der Waals surface area contributed by atoms with Gasteiger partial charge in [-0.05, 0) is 38.2 Å². The monoisotopic (exact) mass is 472 g/mol. The van der Waals surface area contributed by atoms with Crippen molar-refractivity contribution in [2.75, 3.05) is 50.9 Å². The molecule has 4 rings (SSSR count). The van der Waals surface area contributed by atoms with Crippen LogP contribution >= 0.6 is 0 Å². The van der Waals surface area contributed by atoms with E-state index >= 15 is 0 Å². The summed E-state index contributed by atoms with van der Waals surface area (Å²) < 4.78 is 0. The molecule has 3 heterocycles. The van der Waals surface area contributed by atoms with E-state index in [-0.39, 0.29) is 24.9 Å². The van der Waals surface area contributed by atoms with Crippen molar-refractivity contribution in [2.45, 2.75) is 13.0 Å². The van der Waals surface area contributed by atoms with Gasteiger partial charge in [-0.25, -0.2) is 4.98 Å². The third kappa shape index (κ3) is 6.41. The number of aromatic nitrogens is 2. The summed E-state index contributed by atoms with van der Waals surface area (Å²) in [6, 6.07) is 10.4. The Bertz CT molecular complexity index is 966. The van der Waals surface area contributed by atoms with Gasteiger partial charge in [0.15, 0.2) is 0 Å². The number of fused-ring (bicyclic) bond motifs is 1. The highest BCUT2D eigenvalue weighted by molar-refractivity contribution is 5.79. The van der Waals surface area contributed by atoms with Crippen molar-refractivity contribution >= 4 is 30.6 Å². The summed E-state index contributed by atoms with van der Waals surface area (Å²) in [6.07, 6.45) is 1.71. The molecule has 0 radical (unpaired) electrons. The van der Waals surface area contributed by atoms with Crippen LogP contribution in [-0.4, -0.2) is 89.1 Å². The molecule has 3 atom stereocenters. The molecule has 184 valence electrons. The fraction of sp³-hybridized carbons (Fsp3) is 0.435. The van der Waals surface area contributed by atoms with Crippen LogP contribution < -0.4 is 10.6 Å². The number of amides is 1. The predicted molar refractivity (Wildman–Crippen MR) is 127 cm³/mol. The van der Waals surface area contributed by atoms with Crippen molar-refractivity contribution in [3.05, 3.63) is 47.7 Å². The van der Waals surface area contributed by atoms with Crippen LogP contribution in [0.4, 0.5) is 11.8 Å². The summed E-state index contributed by atoms with van der Waals surface area (Å²) in [5.74, 6) is 2.17. The SMILES string of the molecule is Cc1ccccc1[C@H]1[C@@H]2CN(c3ccnc(N)n3)C[C@@H]2CN1C(=O)CN(C)C.O=CO.O=CO. The third-order valence-electron chi connectivity index (χ3n) is 5.93. The number of benzene rings is 1. The van der Waals surface area contributed by atoms with Gasteiger partial charge in [0, 0.05) is 37.7 Å². The quantitative estimate of drug-likeness (QED) is 0.548. The molecule has 1 amide bonds. The Morgan fingerprint density at radius 3 is 2.38 bits per heavy atom. The first-order valence-corrected chi connectivity index (χ1v) is 10.8. The minimum absolute atomic E-state index is 0.0998. The van der Waals surface area contributed by atoms with Crippen molar-refractivity contribution < 1.29 is 24.6 Å². The Balaban J connectivity index is 0.000000618. The lowest BCUT2D eigenvalue weighted by Crippen LogP contribution is -2.40. The van der Waals surface area contributed by atoms with Crippen molar-refractivity contribution in [3.63, 3.8) is 0 Å². The van der Waals surface area contributed by atoms with Gasteiger partial charge in [-0.1, -0.05) is 24.3 Å². The number of hydrogen-bond donors (Lipinski definition) is 3.